The second-order valence-corrected chi connectivity index (χ2v) is 4.07. The molecule has 0 radical (unpaired) electrons. The molecule has 15 heavy (non-hydrogen) atoms. The van der Waals surface area contributed by atoms with Crippen LogP contribution < -0.4 is 5.32 Å². The lowest BCUT2D eigenvalue weighted by Crippen LogP contribution is -2.36. The van der Waals surface area contributed by atoms with Gasteiger partial charge in [-0.1, -0.05) is 6.07 Å². The molecule has 0 aliphatic carbocycles. The molecule has 0 saturated carbocycles. The Labute approximate surface area is 90.9 Å². The van der Waals surface area contributed by atoms with E-state index in [0.29, 0.717) is 6.04 Å². The third-order valence-corrected chi connectivity index (χ3v) is 2.68. The molecule has 82 valence electrons. The highest BCUT2D eigenvalue weighted by molar-refractivity contribution is 5.09. The summed E-state index contributed by atoms with van der Waals surface area (Å²) in [5, 5.41) is 3.48. The molecule has 1 aromatic rings. The van der Waals surface area contributed by atoms with Crippen LogP contribution in [0.3, 0.4) is 0 Å². The summed E-state index contributed by atoms with van der Waals surface area (Å²) in [5.74, 6) is 0. The van der Waals surface area contributed by atoms with Crippen LogP contribution in [-0.4, -0.2) is 24.2 Å². The molecule has 1 unspecified atom stereocenters. The molecule has 2 heterocycles. The molecule has 0 amide bonds. The van der Waals surface area contributed by atoms with Gasteiger partial charge < -0.3 is 10.1 Å². The molecule has 1 atom stereocenters. The highest BCUT2D eigenvalue weighted by atomic mass is 16.5. The first-order chi connectivity index (χ1) is 7.34. The van der Waals surface area contributed by atoms with Crippen molar-refractivity contribution in [1.82, 2.24) is 10.3 Å². The summed E-state index contributed by atoms with van der Waals surface area (Å²) in [6, 6.07) is 6.63. The van der Waals surface area contributed by atoms with Gasteiger partial charge in [0.1, 0.15) is 0 Å². The van der Waals surface area contributed by atoms with Gasteiger partial charge in [-0.25, -0.2) is 0 Å². The number of hydrogen-bond donors (Lipinski definition) is 1. The zero-order chi connectivity index (χ0) is 10.5. The first kappa shape index (κ1) is 10.6. The van der Waals surface area contributed by atoms with E-state index in [1.807, 2.05) is 13.0 Å². The molecule has 2 rings (SSSR count). The molecule has 0 bridgehead atoms. The summed E-state index contributed by atoms with van der Waals surface area (Å²) in [5.41, 5.74) is 2.19. The van der Waals surface area contributed by atoms with E-state index in [9.17, 15) is 0 Å². The van der Waals surface area contributed by atoms with Crippen molar-refractivity contribution in [3.05, 3.63) is 29.6 Å². The van der Waals surface area contributed by atoms with Gasteiger partial charge in [-0.2, -0.15) is 0 Å². The van der Waals surface area contributed by atoms with E-state index in [4.69, 9.17) is 4.74 Å². The number of pyridine rings is 1. The SMILES string of the molecule is Cc1cccc(CNC2CCCOC2)n1. The summed E-state index contributed by atoms with van der Waals surface area (Å²) >= 11 is 0. The van der Waals surface area contributed by atoms with E-state index in [1.54, 1.807) is 0 Å². The average Bonchev–Trinajstić information content (AvgIpc) is 2.28. The minimum Gasteiger partial charge on any atom is -0.380 e. The summed E-state index contributed by atoms with van der Waals surface area (Å²) < 4.78 is 5.41. The Morgan fingerprint density at radius 2 is 2.47 bits per heavy atom. The first-order valence-electron chi connectivity index (χ1n) is 5.58. The van der Waals surface area contributed by atoms with Crippen LogP contribution in [0.25, 0.3) is 0 Å². The number of aromatic nitrogens is 1. The zero-order valence-electron chi connectivity index (χ0n) is 9.20. The van der Waals surface area contributed by atoms with Crippen LogP contribution in [0.1, 0.15) is 24.2 Å². The van der Waals surface area contributed by atoms with Crippen LogP contribution in [0.2, 0.25) is 0 Å². The molecule has 1 aliphatic rings. The third-order valence-electron chi connectivity index (χ3n) is 2.68. The summed E-state index contributed by atoms with van der Waals surface area (Å²) in [7, 11) is 0. The van der Waals surface area contributed by atoms with Gasteiger partial charge in [-0.05, 0) is 31.9 Å². The number of hydrogen-bond acceptors (Lipinski definition) is 3. The van der Waals surface area contributed by atoms with E-state index in [0.717, 1.165) is 31.1 Å². The summed E-state index contributed by atoms with van der Waals surface area (Å²) in [6.45, 7) is 4.62. The lowest BCUT2D eigenvalue weighted by Gasteiger charge is -2.23. The third kappa shape index (κ3) is 3.29. The molecule has 1 fully saturated rings. The lowest BCUT2D eigenvalue weighted by atomic mass is 10.1. The van der Waals surface area contributed by atoms with Gasteiger partial charge in [0.05, 0.1) is 12.3 Å². The highest BCUT2D eigenvalue weighted by Crippen LogP contribution is 2.06. The van der Waals surface area contributed by atoms with Crippen LogP contribution >= 0.6 is 0 Å². The van der Waals surface area contributed by atoms with Crippen molar-refractivity contribution in [1.29, 1.82) is 0 Å². The Kier molecular flexibility index (Phi) is 3.69. The summed E-state index contributed by atoms with van der Waals surface area (Å²) in [4.78, 5) is 4.45. The van der Waals surface area contributed by atoms with Gasteiger partial charge in [0.25, 0.3) is 0 Å². The fourth-order valence-corrected chi connectivity index (χ4v) is 1.85. The van der Waals surface area contributed by atoms with Gasteiger partial charge in [-0.15, -0.1) is 0 Å². The molecule has 0 spiro atoms. The lowest BCUT2D eigenvalue weighted by molar-refractivity contribution is 0.0698. The van der Waals surface area contributed by atoms with Crippen molar-refractivity contribution in [2.75, 3.05) is 13.2 Å². The van der Waals surface area contributed by atoms with Gasteiger partial charge in [-0.3, -0.25) is 4.98 Å². The van der Waals surface area contributed by atoms with Crippen LogP contribution in [0.15, 0.2) is 18.2 Å². The number of nitrogens with zero attached hydrogens (tertiary/aromatic N) is 1. The van der Waals surface area contributed by atoms with Crippen LogP contribution in [0.5, 0.6) is 0 Å². The molecule has 1 saturated heterocycles. The maximum absolute atomic E-state index is 5.41. The standard InChI is InChI=1S/C12H18N2O/c1-10-4-2-5-11(14-10)8-13-12-6-3-7-15-9-12/h2,4-5,12-13H,3,6-9H2,1H3. The molecular formula is C12H18N2O. The van der Waals surface area contributed by atoms with Crippen LogP contribution in [0, 0.1) is 6.92 Å². The fraction of sp³-hybridized carbons (Fsp3) is 0.583. The minimum absolute atomic E-state index is 0.501. The maximum atomic E-state index is 5.41. The van der Waals surface area contributed by atoms with Gasteiger partial charge in [0, 0.05) is 24.9 Å². The van der Waals surface area contributed by atoms with Crippen molar-refractivity contribution in [3.63, 3.8) is 0 Å². The fourth-order valence-electron chi connectivity index (χ4n) is 1.85. The summed E-state index contributed by atoms with van der Waals surface area (Å²) in [6.07, 6.45) is 2.38. The topological polar surface area (TPSA) is 34.1 Å². The molecule has 3 nitrogen and oxygen atoms in total. The Morgan fingerprint density at radius 1 is 1.53 bits per heavy atom. The largest absolute Gasteiger partial charge is 0.380 e. The number of aryl methyl sites for hydroxylation is 1. The van der Waals surface area contributed by atoms with Crippen molar-refractivity contribution >= 4 is 0 Å². The number of ether oxygens (including phenoxy) is 1. The quantitative estimate of drug-likeness (QED) is 0.816. The smallest absolute Gasteiger partial charge is 0.0619 e. The predicted molar refractivity (Wildman–Crippen MR) is 59.7 cm³/mol. The molecule has 3 heteroatoms. The Morgan fingerprint density at radius 3 is 3.20 bits per heavy atom. The second-order valence-electron chi connectivity index (χ2n) is 4.07. The molecule has 1 aliphatic heterocycles. The van der Waals surface area contributed by atoms with Crippen molar-refractivity contribution in [2.24, 2.45) is 0 Å². The zero-order valence-corrected chi connectivity index (χ0v) is 9.20. The van der Waals surface area contributed by atoms with E-state index < -0.39 is 0 Å². The Balaban J connectivity index is 1.81. The van der Waals surface area contributed by atoms with E-state index in [2.05, 4.69) is 22.4 Å². The van der Waals surface area contributed by atoms with Crippen molar-refractivity contribution < 1.29 is 4.74 Å². The average molecular weight is 206 g/mol. The minimum atomic E-state index is 0.501. The van der Waals surface area contributed by atoms with Gasteiger partial charge in [0.15, 0.2) is 0 Å². The number of nitrogens with one attached hydrogen (secondary N) is 1. The van der Waals surface area contributed by atoms with Crippen molar-refractivity contribution in [2.45, 2.75) is 32.4 Å². The van der Waals surface area contributed by atoms with Gasteiger partial charge in [0.2, 0.25) is 0 Å². The predicted octanol–water partition coefficient (Wildman–Crippen LogP) is 1.66. The normalized spacial score (nSPS) is 21.5. The molecule has 0 aromatic carbocycles. The maximum Gasteiger partial charge on any atom is 0.0619 e. The van der Waals surface area contributed by atoms with Crippen LogP contribution in [0.4, 0.5) is 0 Å². The van der Waals surface area contributed by atoms with Gasteiger partial charge >= 0.3 is 0 Å². The van der Waals surface area contributed by atoms with Crippen LogP contribution in [-0.2, 0) is 11.3 Å². The van der Waals surface area contributed by atoms with E-state index in [1.165, 1.54) is 12.8 Å². The highest BCUT2D eigenvalue weighted by Gasteiger charge is 2.12. The molecular weight excluding hydrogens is 188 g/mol. The number of rotatable bonds is 3. The second kappa shape index (κ2) is 5.24. The Bertz CT molecular complexity index is 308. The monoisotopic (exact) mass is 206 g/mol. The van der Waals surface area contributed by atoms with E-state index >= 15 is 0 Å². The molecule has 1 aromatic heterocycles. The molecule has 1 N–H and O–H groups in total. The Hall–Kier alpha value is -0.930. The van der Waals surface area contributed by atoms with E-state index in [-0.39, 0.29) is 0 Å². The first-order valence-corrected chi connectivity index (χ1v) is 5.58. The van der Waals surface area contributed by atoms with Crippen molar-refractivity contribution in [3.8, 4) is 0 Å².